The Bertz CT molecular complexity index is 530. The van der Waals surface area contributed by atoms with Crippen molar-refractivity contribution in [1.29, 1.82) is 0 Å². The number of likely N-dealkylation sites (N-methyl/N-ethyl adjacent to an activating group) is 1. The molecule has 1 atom stereocenters. The average Bonchev–Trinajstić information content (AvgIpc) is 2.83. The van der Waals surface area contributed by atoms with Crippen LogP contribution in [0.5, 0.6) is 0 Å². The van der Waals surface area contributed by atoms with Gasteiger partial charge in [-0.05, 0) is 20.9 Å². The van der Waals surface area contributed by atoms with Gasteiger partial charge in [0.1, 0.15) is 5.82 Å². The lowest BCUT2D eigenvalue weighted by Crippen LogP contribution is -2.47. The van der Waals surface area contributed by atoms with Crippen molar-refractivity contribution in [1.82, 2.24) is 19.8 Å². The first-order valence-corrected chi connectivity index (χ1v) is 7.23. The third-order valence-electron chi connectivity index (χ3n) is 3.74. The molecule has 0 radical (unpaired) electrons. The van der Waals surface area contributed by atoms with Crippen molar-refractivity contribution in [2.45, 2.75) is 38.1 Å². The summed E-state index contributed by atoms with van der Waals surface area (Å²) < 4.78 is 40.9. The molecule has 1 aromatic heterocycles. The van der Waals surface area contributed by atoms with Gasteiger partial charge in [0.15, 0.2) is 0 Å². The van der Waals surface area contributed by atoms with E-state index in [4.69, 9.17) is 0 Å². The van der Waals surface area contributed by atoms with Crippen LogP contribution in [0.1, 0.15) is 26.1 Å². The van der Waals surface area contributed by atoms with Crippen molar-refractivity contribution in [3.8, 4) is 0 Å². The lowest BCUT2D eigenvalue weighted by Gasteiger charge is -2.30. The van der Waals surface area contributed by atoms with E-state index in [2.05, 4.69) is 10.3 Å². The number of hydrogen-bond donors (Lipinski definition) is 2. The highest BCUT2D eigenvalue weighted by Crippen LogP contribution is 2.40. The van der Waals surface area contributed by atoms with Gasteiger partial charge in [-0.25, -0.2) is 4.98 Å². The van der Waals surface area contributed by atoms with Crippen LogP contribution in [0.4, 0.5) is 13.2 Å². The molecular formula is C14H23F3N4O2. The second kappa shape index (κ2) is 7.31. The lowest BCUT2D eigenvalue weighted by molar-refractivity contribution is -0.272. The van der Waals surface area contributed by atoms with Crippen molar-refractivity contribution in [3.05, 3.63) is 18.2 Å². The molecule has 0 aliphatic heterocycles. The van der Waals surface area contributed by atoms with E-state index in [9.17, 15) is 23.1 Å². The summed E-state index contributed by atoms with van der Waals surface area (Å²) in [7, 11) is 3.11. The monoisotopic (exact) mass is 336 g/mol. The van der Waals surface area contributed by atoms with Crippen molar-refractivity contribution in [3.63, 3.8) is 0 Å². The van der Waals surface area contributed by atoms with E-state index >= 15 is 0 Å². The average molecular weight is 336 g/mol. The van der Waals surface area contributed by atoms with E-state index in [1.807, 2.05) is 13.8 Å². The fraction of sp³-hybridized carbons (Fsp3) is 0.714. The van der Waals surface area contributed by atoms with E-state index in [1.165, 1.54) is 19.4 Å². The summed E-state index contributed by atoms with van der Waals surface area (Å²) in [4.78, 5) is 17.1. The number of amides is 1. The first-order valence-electron chi connectivity index (χ1n) is 7.23. The number of rotatable bonds is 7. The third-order valence-corrected chi connectivity index (χ3v) is 3.74. The fourth-order valence-electron chi connectivity index (χ4n) is 1.99. The van der Waals surface area contributed by atoms with Crippen LogP contribution in [0.2, 0.25) is 0 Å². The number of carbonyl (C=O) groups is 1. The molecule has 0 saturated carbocycles. The summed E-state index contributed by atoms with van der Waals surface area (Å²) in [6.45, 7) is 3.56. The van der Waals surface area contributed by atoms with E-state index in [0.717, 1.165) is 4.57 Å². The highest BCUT2D eigenvalue weighted by Gasteiger charge is 2.57. The molecule has 1 heterocycles. The molecule has 0 aliphatic carbocycles. The largest absolute Gasteiger partial charge is 0.424 e. The molecule has 0 fully saturated rings. The molecule has 0 aromatic carbocycles. The van der Waals surface area contributed by atoms with Gasteiger partial charge in [0.25, 0.3) is 0 Å². The van der Waals surface area contributed by atoms with Crippen LogP contribution in [0, 0.1) is 0 Å². The normalized spacial score (nSPS) is 15.0. The van der Waals surface area contributed by atoms with Crippen LogP contribution in [0.25, 0.3) is 0 Å². The van der Waals surface area contributed by atoms with Gasteiger partial charge in [0, 0.05) is 38.4 Å². The summed E-state index contributed by atoms with van der Waals surface area (Å²) in [5.41, 5.74) is -3.11. The molecule has 132 valence electrons. The maximum Gasteiger partial charge on any atom is 0.424 e. The van der Waals surface area contributed by atoms with Crippen LogP contribution in [-0.4, -0.2) is 57.8 Å². The number of hydrogen-bond acceptors (Lipinski definition) is 4. The molecule has 23 heavy (non-hydrogen) atoms. The van der Waals surface area contributed by atoms with Gasteiger partial charge in [-0.1, -0.05) is 0 Å². The lowest BCUT2D eigenvalue weighted by atomic mass is 9.97. The fourth-order valence-corrected chi connectivity index (χ4v) is 1.99. The summed E-state index contributed by atoms with van der Waals surface area (Å²) in [5.74, 6) is -0.899. The smallest absolute Gasteiger partial charge is 0.374 e. The minimum atomic E-state index is -4.90. The Morgan fingerprint density at radius 1 is 1.48 bits per heavy atom. The number of carbonyl (C=O) groups excluding carboxylic acids is 1. The maximum absolute atomic E-state index is 13.3. The zero-order chi connectivity index (χ0) is 17.8. The van der Waals surface area contributed by atoms with Gasteiger partial charge in [0.2, 0.25) is 11.5 Å². The van der Waals surface area contributed by atoms with Gasteiger partial charge >= 0.3 is 6.18 Å². The molecular weight excluding hydrogens is 313 g/mol. The maximum atomic E-state index is 13.3. The van der Waals surface area contributed by atoms with Crippen molar-refractivity contribution in [2.24, 2.45) is 7.05 Å². The van der Waals surface area contributed by atoms with Crippen molar-refractivity contribution in [2.75, 3.05) is 20.1 Å². The number of aromatic nitrogens is 2. The quantitative estimate of drug-likeness (QED) is 0.780. The van der Waals surface area contributed by atoms with Gasteiger partial charge in [0.05, 0.1) is 6.54 Å². The highest BCUT2D eigenvalue weighted by atomic mass is 19.4. The molecule has 1 unspecified atom stereocenters. The molecule has 1 amide bonds. The molecule has 1 rings (SSSR count). The van der Waals surface area contributed by atoms with Crippen LogP contribution in [0.15, 0.2) is 12.4 Å². The van der Waals surface area contributed by atoms with Crippen LogP contribution in [-0.2, 0) is 17.4 Å². The Morgan fingerprint density at radius 2 is 2.09 bits per heavy atom. The SMILES string of the molecule is CC(C)N(C)CC(=O)NCCC(O)(c1nccn1C)C(F)(F)F. The predicted octanol–water partition coefficient (Wildman–Crippen LogP) is 1.02. The molecule has 1 aromatic rings. The van der Waals surface area contributed by atoms with E-state index < -0.39 is 29.9 Å². The molecule has 6 nitrogen and oxygen atoms in total. The zero-order valence-electron chi connectivity index (χ0n) is 13.7. The zero-order valence-corrected chi connectivity index (χ0v) is 13.7. The van der Waals surface area contributed by atoms with E-state index in [-0.39, 0.29) is 19.1 Å². The number of aliphatic hydroxyl groups is 1. The highest BCUT2D eigenvalue weighted by molar-refractivity contribution is 5.77. The molecule has 9 heteroatoms. The van der Waals surface area contributed by atoms with Crippen LogP contribution < -0.4 is 5.32 Å². The Kier molecular flexibility index (Phi) is 6.18. The van der Waals surface area contributed by atoms with Crippen LogP contribution >= 0.6 is 0 Å². The number of nitrogens with zero attached hydrogens (tertiary/aromatic N) is 3. The Labute approximate surface area is 133 Å². The number of halogens is 3. The summed E-state index contributed by atoms with van der Waals surface area (Å²) in [6, 6.07) is 0.139. The first kappa shape index (κ1) is 19.4. The molecule has 2 N–H and O–H groups in total. The summed E-state index contributed by atoms with van der Waals surface area (Å²) in [6.07, 6.45) is -3.10. The second-order valence-electron chi connectivity index (χ2n) is 5.83. The van der Waals surface area contributed by atoms with E-state index in [1.54, 1.807) is 11.9 Å². The molecule has 0 spiro atoms. The molecule has 0 bridgehead atoms. The number of nitrogens with one attached hydrogen (secondary N) is 1. The Balaban J connectivity index is 2.71. The van der Waals surface area contributed by atoms with E-state index in [0.29, 0.717) is 0 Å². The molecule has 0 aliphatic rings. The minimum absolute atomic E-state index is 0.0739. The van der Waals surface area contributed by atoms with Crippen molar-refractivity contribution >= 4 is 5.91 Å². The van der Waals surface area contributed by atoms with Crippen molar-refractivity contribution < 1.29 is 23.1 Å². The topological polar surface area (TPSA) is 70.4 Å². The minimum Gasteiger partial charge on any atom is -0.374 e. The van der Waals surface area contributed by atoms with Gasteiger partial charge in [-0.15, -0.1) is 0 Å². The third kappa shape index (κ3) is 4.68. The number of imidazole rings is 1. The summed E-state index contributed by atoms with van der Waals surface area (Å²) in [5, 5.41) is 12.5. The number of alkyl halides is 3. The second-order valence-corrected chi connectivity index (χ2v) is 5.83. The van der Waals surface area contributed by atoms with Crippen LogP contribution in [0.3, 0.4) is 0 Å². The van der Waals surface area contributed by atoms with Gasteiger partial charge < -0.3 is 15.0 Å². The number of aryl methyl sites for hydroxylation is 1. The predicted molar refractivity (Wildman–Crippen MR) is 78.6 cm³/mol. The van der Waals surface area contributed by atoms with Gasteiger partial charge in [-0.2, -0.15) is 13.2 Å². The summed E-state index contributed by atoms with van der Waals surface area (Å²) >= 11 is 0. The Morgan fingerprint density at radius 3 is 2.52 bits per heavy atom. The first-order chi connectivity index (χ1) is 10.5. The van der Waals surface area contributed by atoms with Gasteiger partial charge in [-0.3, -0.25) is 9.69 Å². The Hall–Kier alpha value is -1.61. The molecule has 0 saturated heterocycles. The standard InChI is InChI=1S/C14H23F3N4O2/c1-10(2)21(4)9-11(22)18-6-5-13(23,14(15,16)17)12-19-7-8-20(12)3/h7-8,10,23H,5-6,9H2,1-4H3,(H,18,22).